The summed E-state index contributed by atoms with van der Waals surface area (Å²) in [6.07, 6.45) is -2.63. The lowest BCUT2D eigenvalue weighted by Crippen LogP contribution is -2.29. The van der Waals surface area contributed by atoms with Crippen LogP contribution >= 0.6 is 0 Å². The lowest BCUT2D eigenvalue weighted by atomic mass is 9.87. The van der Waals surface area contributed by atoms with Gasteiger partial charge in [-0.05, 0) is 59.2 Å². The number of alkyl halides is 3. The Labute approximate surface area is 174 Å². The van der Waals surface area contributed by atoms with Gasteiger partial charge in [-0.1, -0.05) is 55.5 Å². The largest absolute Gasteiger partial charge is 0.416 e. The van der Waals surface area contributed by atoms with E-state index in [1.165, 1.54) is 28.5 Å². The predicted octanol–water partition coefficient (Wildman–Crippen LogP) is 6.51. The maximum absolute atomic E-state index is 13.0. The van der Waals surface area contributed by atoms with Crippen LogP contribution in [-0.4, -0.2) is 23.9 Å². The van der Waals surface area contributed by atoms with Crippen LogP contribution in [0.4, 0.5) is 13.2 Å². The van der Waals surface area contributed by atoms with Gasteiger partial charge >= 0.3 is 6.18 Å². The molecule has 1 fully saturated rings. The normalized spacial score (nSPS) is 18.0. The number of carbonyl (C=O) groups is 1. The van der Waals surface area contributed by atoms with Crippen LogP contribution in [0.15, 0.2) is 66.7 Å². The standard InChI is InChI=1S/C25H24F3NO/c1-17(22-11-5-7-19-6-2-3-10-23(19)22)14-18-12-13-29(16-18)24(30)20-8-4-9-21(15-20)25(26,27)28/h2-11,15,17-18H,12-14,16H2,1H3/t17-,18+/m0/s1. The predicted molar refractivity (Wildman–Crippen MR) is 112 cm³/mol. The van der Waals surface area contributed by atoms with Gasteiger partial charge in [0.05, 0.1) is 5.56 Å². The molecule has 0 aliphatic carbocycles. The summed E-state index contributed by atoms with van der Waals surface area (Å²) in [5, 5.41) is 2.47. The van der Waals surface area contributed by atoms with Gasteiger partial charge < -0.3 is 4.90 Å². The molecule has 2 nitrogen and oxygen atoms in total. The SMILES string of the molecule is C[C@@H](C[C@H]1CCN(C(=O)c2cccc(C(F)(F)F)c2)C1)c1cccc2ccccc12. The molecular weight excluding hydrogens is 387 g/mol. The zero-order chi connectivity index (χ0) is 21.3. The van der Waals surface area contributed by atoms with Gasteiger partial charge in [0.25, 0.3) is 5.91 Å². The van der Waals surface area contributed by atoms with E-state index in [0.29, 0.717) is 24.9 Å². The molecule has 0 bridgehead atoms. The summed E-state index contributed by atoms with van der Waals surface area (Å²) in [4.78, 5) is 14.5. The Morgan fingerprint density at radius 2 is 1.80 bits per heavy atom. The first-order chi connectivity index (χ1) is 14.3. The first-order valence-corrected chi connectivity index (χ1v) is 10.3. The molecule has 0 N–H and O–H groups in total. The van der Waals surface area contributed by atoms with Crippen molar-refractivity contribution < 1.29 is 18.0 Å². The molecule has 0 aromatic heterocycles. The van der Waals surface area contributed by atoms with Gasteiger partial charge in [0, 0.05) is 18.7 Å². The van der Waals surface area contributed by atoms with Crippen molar-refractivity contribution in [2.45, 2.75) is 31.9 Å². The first kappa shape index (κ1) is 20.5. The molecule has 30 heavy (non-hydrogen) atoms. The molecule has 156 valence electrons. The molecule has 0 spiro atoms. The Balaban J connectivity index is 1.44. The van der Waals surface area contributed by atoms with Crippen LogP contribution in [-0.2, 0) is 6.18 Å². The number of hydrogen-bond donors (Lipinski definition) is 0. The highest BCUT2D eigenvalue weighted by atomic mass is 19.4. The van der Waals surface area contributed by atoms with E-state index in [4.69, 9.17) is 0 Å². The fraction of sp³-hybridized carbons (Fsp3) is 0.320. The molecule has 3 aromatic carbocycles. The molecular formula is C25H24F3NO. The highest BCUT2D eigenvalue weighted by Crippen LogP contribution is 2.34. The topological polar surface area (TPSA) is 20.3 Å². The third-order valence-electron chi connectivity index (χ3n) is 6.05. The monoisotopic (exact) mass is 411 g/mol. The van der Waals surface area contributed by atoms with Crippen LogP contribution < -0.4 is 0 Å². The van der Waals surface area contributed by atoms with Gasteiger partial charge in [-0.25, -0.2) is 0 Å². The number of hydrogen-bond acceptors (Lipinski definition) is 1. The maximum Gasteiger partial charge on any atom is 0.416 e. The number of likely N-dealkylation sites (tertiary alicyclic amines) is 1. The van der Waals surface area contributed by atoms with Gasteiger partial charge in [-0.15, -0.1) is 0 Å². The van der Waals surface area contributed by atoms with Gasteiger partial charge in [0.1, 0.15) is 0 Å². The highest BCUT2D eigenvalue weighted by molar-refractivity contribution is 5.94. The fourth-order valence-electron chi connectivity index (χ4n) is 4.53. The summed E-state index contributed by atoms with van der Waals surface area (Å²) in [7, 11) is 0. The van der Waals surface area contributed by atoms with E-state index < -0.39 is 11.7 Å². The number of rotatable bonds is 4. The van der Waals surface area contributed by atoms with Crippen molar-refractivity contribution in [1.82, 2.24) is 4.90 Å². The van der Waals surface area contributed by atoms with Gasteiger partial charge in [-0.2, -0.15) is 13.2 Å². The Kier molecular flexibility index (Phi) is 5.54. The number of halogens is 3. The second-order valence-corrected chi connectivity index (χ2v) is 8.19. The van der Waals surface area contributed by atoms with Gasteiger partial charge in [-0.3, -0.25) is 4.79 Å². The second-order valence-electron chi connectivity index (χ2n) is 8.19. The first-order valence-electron chi connectivity index (χ1n) is 10.3. The van der Waals surface area contributed by atoms with E-state index in [1.54, 1.807) is 4.90 Å². The maximum atomic E-state index is 13.0. The summed E-state index contributed by atoms with van der Waals surface area (Å²) in [5.74, 6) is 0.361. The second kappa shape index (κ2) is 8.13. The zero-order valence-corrected chi connectivity index (χ0v) is 16.8. The number of nitrogens with zero attached hydrogens (tertiary/aromatic N) is 1. The Morgan fingerprint density at radius 1 is 1.07 bits per heavy atom. The van der Waals surface area contributed by atoms with Crippen molar-refractivity contribution in [3.63, 3.8) is 0 Å². The lowest BCUT2D eigenvalue weighted by molar-refractivity contribution is -0.137. The van der Waals surface area contributed by atoms with Gasteiger partial charge in [0.15, 0.2) is 0 Å². The third-order valence-corrected chi connectivity index (χ3v) is 6.05. The number of amides is 1. The van der Waals surface area contributed by atoms with Crippen LogP contribution in [0.5, 0.6) is 0 Å². The highest BCUT2D eigenvalue weighted by Gasteiger charge is 2.33. The van der Waals surface area contributed by atoms with Crippen LogP contribution in [0.3, 0.4) is 0 Å². The minimum atomic E-state index is -4.45. The van der Waals surface area contributed by atoms with E-state index in [0.717, 1.165) is 25.0 Å². The Bertz CT molecular complexity index is 1050. The molecule has 4 rings (SSSR count). The summed E-state index contributed by atoms with van der Waals surface area (Å²) < 4.78 is 38.9. The molecule has 5 heteroatoms. The van der Waals surface area contributed by atoms with Crippen molar-refractivity contribution in [1.29, 1.82) is 0 Å². The van der Waals surface area contributed by atoms with Crippen molar-refractivity contribution in [2.75, 3.05) is 13.1 Å². The summed E-state index contributed by atoms with van der Waals surface area (Å²) in [5.41, 5.74) is 0.622. The molecule has 3 aromatic rings. The average molecular weight is 411 g/mol. The Morgan fingerprint density at radius 3 is 2.60 bits per heavy atom. The molecule has 1 aliphatic rings. The van der Waals surface area contributed by atoms with Crippen molar-refractivity contribution >= 4 is 16.7 Å². The molecule has 0 radical (unpaired) electrons. The van der Waals surface area contributed by atoms with Crippen molar-refractivity contribution in [2.24, 2.45) is 5.92 Å². The summed E-state index contributed by atoms with van der Waals surface area (Å²) in [6.45, 7) is 3.38. The smallest absolute Gasteiger partial charge is 0.338 e. The van der Waals surface area contributed by atoms with Crippen molar-refractivity contribution in [3.8, 4) is 0 Å². The molecule has 2 atom stereocenters. The van der Waals surface area contributed by atoms with Crippen molar-refractivity contribution in [3.05, 3.63) is 83.4 Å². The molecule has 0 unspecified atom stereocenters. The third kappa shape index (κ3) is 4.20. The van der Waals surface area contributed by atoms with E-state index in [-0.39, 0.29) is 11.5 Å². The van der Waals surface area contributed by atoms with E-state index in [1.807, 2.05) is 12.1 Å². The summed E-state index contributed by atoms with van der Waals surface area (Å²) >= 11 is 0. The quantitative estimate of drug-likeness (QED) is 0.479. The molecule has 1 aliphatic heterocycles. The molecule has 0 saturated carbocycles. The lowest BCUT2D eigenvalue weighted by Gasteiger charge is -2.20. The average Bonchev–Trinajstić information content (AvgIpc) is 3.20. The number of fused-ring (bicyclic) bond motifs is 1. The zero-order valence-electron chi connectivity index (χ0n) is 16.8. The van der Waals surface area contributed by atoms with Crippen LogP contribution in [0, 0.1) is 5.92 Å². The van der Waals surface area contributed by atoms with E-state index in [9.17, 15) is 18.0 Å². The molecule has 1 heterocycles. The minimum Gasteiger partial charge on any atom is -0.338 e. The van der Waals surface area contributed by atoms with Gasteiger partial charge in [0.2, 0.25) is 0 Å². The fourth-order valence-corrected chi connectivity index (χ4v) is 4.53. The van der Waals surface area contributed by atoms with Crippen LogP contribution in [0.2, 0.25) is 0 Å². The van der Waals surface area contributed by atoms with Crippen LogP contribution in [0.1, 0.15) is 47.2 Å². The molecule has 1 amide bonds. The van der Waals surface area contributed by atoms with E-state index >= 15 is 0 Å². The number of benzene rings is 3. The Hall–Kier alpha value is -2.82. The minimum absolute atomic E-state index is 0.104. The summed E-state index contributed by atoms with van der Waals surface area (Å²) in [6, 6.07) is 19.4. The van der Waals surface area contributed by atoms with Crippen LogP contribution in [0.25, 0.3) is 10.8 Å². The van der Waals surface area contributed by atoms with E-state index in [2.05, 4.69) is 37.3 Å². The number of carbonyl (C=O) groups excluding carboxylic acids is 1. The molecule has 1 saturated heterocycles.